The summed E-state index contributed by atoms with van der Waals surface area (Å²) in [6.45, 7) is 2.80. The van der Waals surface area contributed by atoms with Gasteiger partial charge in [-0.15, -0.1) is 0 Å². The van der Waals surface area contributed by atoms with Crippen LogP contribution in [0.15, 0.2) is 72.8 Å². The molecule has 1 aliphatic rings. The lowest BCUT2D eigenvalue weighted by atomic mass is 10.2. The summed E-state index contributed by atoms with van der Waals surface area (Å²) in [4.78, 5) is 26.7. The molecule has 0 radical (unpaired) electrons. The minimum Gasteiger partial charge on any atom is -0.445 e. The number of nitrogens with zero attached hydrogens (tertiary/aromatic N) is 1. The van der Waals surface area contributed by atoms with E-state index in [2.05, 4.69) is 5.32 Å². The molecule has 2 aromatic rings. The van der Waals surface area contributed by atoms with Crippen LogP contribution in [-0.4, -0.2) is 35.7 Å². The smallest absolute Gasteiger partial charge is 0.410 e. The minimum atomic E-state index is -0.496. The molecule has 0 saturated carbocycles. The van der Waals surface area contributed by atoms with Crippen LogP contribution in [0.3, 0.4) is 0 Å². The summed E-state index contributed by atoms with van der Waals surface area (Å²) in [6.07, 6.45) is 4.51. The van der Waals surface area contributed by atoms with Gasteiger partial charge in [-0.1, -0.05) is 79.7 Å². The van der Waals surface area contributed by atoms with Crippen molar-refractivity contribution < 1.29 is 19.1 Å². The molecule has 6 nitrogen and oxygen atoms in total. The molecule has 0 fully saturated rings. The van der Waals surface area contributed by atoms with Gasteiger partial charge in [0.25, 0.3) is 0 Å². The van der Waals surface area contributed by atoms with Gasteiger partial charge in [0.1, 0.15) is 13.2 Å². The number of carbonyl (C=O) groups is 2. The van der Waals surface area contributed by atoms with E-state index >= 15 is 0 Å². The predicted octanol–water partition coefficient (Wildman–Crippen LogP) is 4.66. The first-order chi connectivity index (χ1) is 14.7. The SMILES string of the molecule is CC[C@H]1C=CCC(NC(=O)OCc2ccccc2)CN1C(=O)OCc1ccccc1. The van der Waals surface area contributed by atoms with Crippen molar-refractivity contribution in [2.75, 3.05) is 6.54 Å². The second-order valence-electron chi connectivity index (χ2n) is 7.23. The fourth-order valence-electron chi connectivity index (χ4n) is 3.36. The normalized spacial score (nSPS) is 18.4. The van der Waals surface area contributed by atoms with Gasteiger partial charge in [-0.25, -0.2) is 9.59 Å². The van der Waals surface area contributed by atoms with Gasteiger partial charge in [0.2, 0.25) is 0 Å². The Labute approximate surface area is 177 Å². The van der Waals surface area contributed by atoms with Gasteiger partial charge in [0.15, 0.2) is 0 Å². The van der Waals surface area contributed by atoms with E-state index in [1.807, 2.05) is 79.7 Å². The molecule has 0 spiro atoms. The molecule has 0 aliphatic carbocycles. The highest BCUT2D eigenvalue weighted by atomic mass is 16.6. The van der Waals surface area contributed by atoms with Crippen LogP contribution in [0.2, 0.25) is 0 Å². The van der Waals surface area contributed by atoms with E-state index in [0.29, 0.717) is 13.0 Å². The van der Waals surface area contributed by atoms with E-state index in [-0.39, 0.29) is 31.4 Å². The number of alkyl carbamates (subject to hydrolysis) is 1. The van der Waals surface area contributed by atoms with Crippen molar-refractivity contribution >= 4 is 12.2 Å². The Balaban J connectivity index is 1.55. The number of hydrogen-bond donors (Lipinski definition) is 1. The van der Waals surface area contributed by atoms with Crippen LogP contribution >= 0.6 is 0 Å². The zero-order valence-electron chi connectivity index (χ0n) is 17.2. The quantitative estimate of drug-likeness (QED) is 0.706. The molecule has 2 aromatic carbocycles. The van der Waals surface area contributed by atoms with Gasteiger partial charge in [-0.2, -0.15) is 0 Å². The van der Waals surface area contributed by atoms with Crippen LogP contribution in [0, 0.1) is 0 Å². The second kappa shape index (κ2) is 11.0. The van der Waals surface area contributed by atoms with Crippen LogP contribution in [-0.2, 0) is 22.7 Å². The van der Waals surface area contributed by atoms with Gasteiger partial charge in [-0.3, -0.25) is 4.90 Å². The average Bonchev–Trinajstić information content (AvgIpc) is 2.99. The Morgan fingerprint density at radius 2 is 1.57 bits per heavy atom. The van der Waals surface area contributed by atoms with E-state index < -0.39 is 6.09 Å². The summed E-state index contributed by atoms with van der Waals surface area (Å²) in [5.74, 6) is 0. The standard InChI is InChI=1S/C24H28N2O4/c1-2-22-15-9-14-21(25-23(27)29-17-19-10-5-3-6-11-19)16-26(22)24(28)30-18-20-12-7-4-8-13-20/h3-13,15,21-22H,2,14,16-18H2,1H3,(H,25,27)/t21?,22-/m0/s1. The number of amides is 2. The lowest BCUT2D eigenvalue weighted by Gasteiger charge is -2.30. The van der Waals surface area contributed by atoms with Gasteiger partial charge < -0.3 is 14.8 Å². The maximum absolute atomic E-state index is 12.8. The highest BCUT2D eigenvalue weighted by Crippen LogP contribution is 2.16. The number of nitrogens with one attached hydrogen (secondary N) is 1. The van der Waals surface area contributed by atoms with E-state index in [0.717, 1.165) is 17.5 Å². The molecule has 2 atom stereocenters. The third kappa shape index (κ3) is 6.37. The summed E-state index contributed by atoms with van der Waals surface area (Å²) in [5, 5.41) is 2.87. The number of hydrogen-bond acceptors (Lipinski definition) is 4. The molecule has 0 bridgehead atoms. The number of rotatable bonds is 6. The van der Waals surface area contributed by atoms with Crippen molar-refractivity contribution in [2.45, 2.75) is 45.1 Å². The maximum Gasteiger partial charge on any atom is 0.410 e. The van der Waals surface area contributed by atoms with Crippen molar-refractivity contribution in [3.63, 3.8) is 0 Å². The Morgan fingerprint density at radius 1 is 0.967 bits per heavy atom. The summed E-state index contributed by atoms with van der Waals surface area (Å²) < 4.78 is 10.8. The molecule has 2 amide bonds. The van der Waals surface area contributed by atoms with Crippen molar-refractivity contribution in [3.05, 3.63) is 83.9 Å². The summed E-state index contributed by atoms with van der Waals surface area (Å²) in [7, 11) is 0. The monoisotopic (exact) mass is 408 g/mol. The molecule has 0 saturated heterocycles. The fourth-order valence-corrected chi connectivity index (χ4v) is 3.36. The van der Waals surface area contributed by atoms with Crippen LogP contribution in [0.25, 0.3) is 0 Å². The van der Waals surface area contributed by atoms with E-state index in [4.69, 9.17) is 9.47 Å². The Hall–Kier alpha value is -3.28. The average molecular weight is 408 g/mol. The summed E-state index contributed by atoms with van der Waals surface area (Å²) in [5.41, 5.74) is 1.86. The third-order valence-electron chi connectivity index (χ3n) is 4.99. The Morgan fingerprint density at radius 3 is 2.17 bits per heavy atom. The number of benzene rings is 2. The zero-order chi connectivity index (χ0) is 21.2. The molecular formula is C24H28N2O4. The predicted molar refractivity (Wildman–Crippen MR) is 115 cm³/mol. The van der Waals surface area contributed by atoms with Crippen molar-refractivity contribution in [1.82, 2.24) is 10.2 Å². The Bertz CT molecular complexity index is 839. The number of ether oxygens (including phenoxy) is 2. The number of carbonyl (C=O) groups excluding carboxylic acids is 2. The molecule has 158 valence electrons. The van der Waals surface area contributed by atoms with E-state index in [1.54, 1.807) is 4.90 Å². The van der Waals surface area contributed by atoms with Crippen molar-refractivity contribution in [2.24, 2.45) is 0 Å². The molecule has 1 unspecified atom stereocenters. The maximum atomic E-state index is 12.8. The topological polar surface area (TPSA) is 67.9 Å². The Kier molecular flexibility index (Phi) is 7.89. The van der Waals surface area contributed by atoms with E-state index in [1.165, 1.54) is 0 Å². The first-order valence-corrected chi connectivity index (χ1v) is 10.3. The lowest BCUT2D eigenvalue weighted by Crippen LogP contribution is -2.48. The van der Waals surface area contributed by atoms with Crippen LogP contribution < -0.4 is 5.32 Å². The van der Waals surface area contributed by atoms with Crippen LogP contribution in [0.1, 0.15) is 30.9 Å². The summed E-state index contributed by atoms with van der Waals surface area (Å²) >= 11 is 0. The summed E-state index contributed by atoms with van der Waals surface area (Å²) in [6, 6.07) is 18.8. The lowest BCUT2D eigenvalue weighted by molar-refractivity contribution is 0.0819. The molecule has 0 aromatic heterocycles. The van der Waals surface area contributed by atoms with Crippen LogP contribution in [0.5, 0.6) is 0 Å². The molecule has 1 heterocycles. The van der Waals surface area contributed by atoms with Gasteiger partial charge in [0.05, 0.1) is 12.1 Å². The minimum absolute atomic E-state index is 0.0691. The van der Waals surface area contributed by atoms with Crippen LogP contribution in [0.4, 0.5) is 9.59 Å². The van der Waals surface area contributed by atoms with Gasteiger partial charge in [-0.05, 0) is 24.0 Å². The fraction of sp³-hybridized carbons (Fsp3) is 0.333. The highest BCUT2D eigenvalue weighted by molar-refractivity contribution is 5.70. The second-order valence-corrected chi connectivity index (χ2v) is 7.23. The molecular weight excluding hydrogens is 380 g/mol. The molecule has 30 heavy (non-hydrogen) atoms. The van der Waals surface area contributed by atoms with E-state index in [9.17, 15) is 9.59 Å². The van der Waals surface area contributed by atoms with Crippen molar-refractivity contribution in [3.8, 4) is 0 Å². The van der Waals surface area contributed by atoms with Gasteiger partial charge in [0, 0.05) is 6.54 Å². The molecule has 1 N–H and O–H groups in total. The molecule has 1 aliphatic heterocycles. The first kappa shape index (κ1) is 21.4. The highest BCUT2D eigenvalue weighted by Gasteiger charge is 2.28. The third-order valence-corrected chi connectivity index (χ3v) is 4.99. The molecule has 3 rings (SSSR count). The van der Waals surface area contributed by atoms with Crippen molar-refractivity contribution in [1.29, 1.82) is 0 Å². The molecule has 6 heteroatoms. The zero-order valence-corrected chi connectivity index (χ0v) is 17.2. The largest absolute Gasteiger partial charge is 0.445 e. The van der Waals surface area contributed by atoms with Gasteiger partial charge >= 0.3 is 12.2 Å². The first-order valence-electron chi connectivity index (χ1n) is 10.3.